The zero-order valence-electron chi connectivity index (χ0n) is 11.3. The van der Waals surface area contributed by atoms with Gasteiger partial charge in [-0.25, -0.2) is 10.2 Å². The van der Waals surface area contributed by atoms with Crippen molar-refractivity contribution in [1.29, 1.82) is 0 Å². The van der Waals surface area contributed by atoms with Gasteiger partial charge in [0.2, 0.25) is 0 Å². The topological polar surface area (TPSA) is 59.6 Å². The van der Waals surface area contributed by atoms with Gasteiger partial charge in [0.1, 0.15) is 5.75 Å². The molecule has 0 spiro atoms. The number of ether oxygens (including phenoxy) is 2. The first-order valence-corrected chi connectivity index (χ1v) is 6.08. The van der Waals surface area contributed by atoms with Crippen molar-refractivity contribution in [3.8, 4) is 16.9 Å². The highest BCUT2D eigenvalue weighted by atomic mass is 16.5. The second kappa shape index (κ2) is 6.47. The van der Waals surface area contributed by atoms with Crippen molar-refractivity contribution in [2.24, 2.45) is 0 Å². The number of benzene rings is 2. The Morgan fingerprint density at radius 2 is 1.75 bits per heavy atom. The Hall–Kier alpha value is -2.69. The monoisotopic (exact) mass is 272 g/mol. The number of carbonyl (C=O) groups excluding carboxylic acids is 1. The Bertz CT molecular complexity index is 585. The second-order valence-corrected chi connectivity index (χ2v) is 4.02. The van der Waals surface area contributed by atoms with Gasteiger partial charge in [-0.3, -0.25) is 5.43 Å². The average Bonchev–Trinajstić information content (AvgIpc) is 2.53. The molecule has 0 heterocycles. The summed E-state index contributed by atoms with van der Waals surface area (Å²) in [5.41, 5.74) is 7.93. The Kier molecular flexibility index (Phi) is 4.44. The first kappa shape index (κ1) is 13.7. The molecule has 5 nitrogen and oxygen atoms in total. The van der Waals surface area contributed by atoms with E-state index in [1.807, 2.05) is 48.5 Å². The highest BCUT2D eigenvalue weighted by Crippen LogP contribution is 2.30. The Morgan fingerprint density at radius 1 is 1.00 bits per heavy atom. The van der Waals surface area contributed by atoms with E-state index in [1.165, 1.54) is 7.11 Å². The summed E-state index contributed by atoms with van der Waals surface area (Å²) in [4.78, 5) is 11.1. The summed E-state index contributed by atoms with van der Waals surface area (Å²) in [7, 11) is 2.87. The predicted molar refractivity (Wildman–Crippen MR) is 77.6 cm³/mol. The minimum Gasteiger partial charge on any atom is -0.495 e. The van der Waals surface area contributed by atoms with E-state index in [1.54, 1.807) is 7.11 Å². The number of rotatable bonds is 4. The molecule has 2 aromatic rings. The number of amides is 1. The third-order valence-corrected chi connectivity index (χ3v) is 2.79. The van der Waals surface area contributed by atoms with Crippen LogP contribution in [0.5, 0.6) is 5.75 Å². The molecule has 0 aliphatic carbocycles. The molecule has 0 unspecified atom stereocenters. The molecule has 0 saturated heterocycles. The van der Waals surface area contributed by atoms with Gasteiger partial charge in [0.25, 0.3) is 0 Å². The van der Waals surface area contributed by atoms with Crippen LogP contribution < -0.4 is 15.6 Å². The minimum absolute atomic E-state index is 0.572. The van der Waals surface area contributed by atoms with E-state index in [0.29, 0.717) is 11.4 Å². The van der Waals surface area contributed by atoms with Crippen LogP contribution in [0, 0.1) is 0 Å². The van der Waals surface area contributed by atoms with Gasteiger partial charge in [0.15, 0.2) is 0 Å². The van der Waals surface area contributed by atoms with Crippen molar-refractivity contribution in [2.45, 2.75) is 0 Å². The zero-order valence-corrected chi connectivity index (χ0v) is 11.3. The van der Waals surface area contributed by atoms with Gasteiger partial charge in [-0.1, -0.05) is 36.4 Å². The van der Waals surface area contributed by atoms with Crippen molar-refractivity contribution in [2.75, 3.05) is 19.6 Å². The third-order valence-electron chi connectivity index (χ3n) is 2.79. The Morgan fingerprint density at radius 3 is 2.40 bits per heavy atom. The van der Waals surface area contributed by atoms with E-state index in [2.05, 4.69) is 15.6 Å². The normalized spacial score (nSPS) is 9.70. The van der Waals surface area contributed by atoms with E-state index < -0.39 is 6.09 Å². The molecule has 0 saturated carbocycles. The van der Waals surface area contributed by atoms with Crippen LogP contribution in [0.1, 0.15) is 0 Å². The lowest BCUT2D eigenvalue weighted by molar-refractivity contribution is 0.173. The molecular formula is C15H16N2O3. The van der Waals surface area contributed by atoms with Gasteiger partial charge in [0, 0.05) is 0 Å². The van der Waals surface area contributed by atoms with E-state index in [-0.39, 0.29) is 0 Å². The fraction of sp³-hybridized carbons (Fsp3) is 0.133. The van der Waals surface area contributed by atoms with E-state index in [0.717, 1.165) is 11.1 Å². The van der Waals surface area contributed by atoms with Crippen LogP contribution in [-0.2, 0) is 4.74 Å². The molecule has 2 aromatic carbocycles. The summed E-state index contributed by atoms with van der Waals surface area (Å²) in [5, 5.41) is 0. The van der Waals surface area contributed by atoms with Gasteiger partial charge in [-0.15, -0.1) is 0 Å². The molecule has 2 N–H and O–H groups in total. The summed E-state index contributed by atoms with van der Waals surface area (Å²) in [6.07, 6.45) is -0.572. The first-order chi connectivity index (χ1) is 9.74. The van der Waals surface area contributed by atoms with Gasteiger partial charge in [-0.05, 0) is 23.3 Å². The van der Waals surface area contributed by atoms with Gasteiger partial charge in [-0.2, -0.15) is 0 Å². The Balaban J connectivity index is 2.27. The zero-order chi connectivity index (χ0) is 14.4. The van der Waals surface area contributed by atoms with Crippen LogP contribution in [0.25, 0.3) is 11.1 Å². The number of nitrogens with one attached hydrogen (secondary N) is 2. The van der Waals surface area contributed by atoms with Gasteiger partial charge >= 0.3 is 6.09 Å². The van der Waals surface area contributed by atoms with Crippen LogP contribution in [-0.4, -0.2) is 20.3 Å². The predicted octanol–water partition coefficient (Wildman–Crippen LogP) is 3.05. The third kappa shape index (κ3) is 3.20. The quantitative estimate of drug-likeness (QED) is 0.840. The van der Waals surface area contributed by atoms with Crippen LogP contribution in [0.3, 0.4) is 0 Å². The summed E-state index contributed by atoms with van der Waals surface area (Å²) >= 11 is 0. The maximum absolute atomic E-state index is 11.1. The molecule has 5 heteroatoms. The number of hydrogen-bond donors (Lipinski definition) is 2. The van der Waals surface area contributed by atoms with Gasteiger partial charge < -0.3 is 9.47 Å². The number of methoxy groups -OCH3 is 2. The van der Waals surface area contributed by atoms with Crippen molar-refractivity contribution in [1.82, 2.24) is 5.43 Å². The number of carbonyl (C=O) groups is 1. The lowest BCUT2D eigenvalue weighted by Gasteiger charge is -2.13. The summed E-state index contributed by atoms with van der Waals surface area (Å²) in [6.45, 7) is 0. The smallest absolute Gasteiger partial charge is 0.425 e. The molecule has 1 amide bonds. The molecule has 0 atom stereocenters. The summed E-state index contributed by atoms with van der Waals surface area (Å²) in [5.74, 6) is 0.626. The fourth-order valence-electron chi connectivity index (χ4n) is 1.79. The lowest BCUT2D eigenvalue weighted by atomic mass is 10.1. The first-order valence-electron chi connectivity index (χ1n) is 6.08. The van der Waals surface area contributed by atoms with Gasteiger partial charge in [0.05, 0.1) is 19.9 Å². The van der Waals surface area contributed by atoms with Crippen molar-refractivity contribution in [3.05, 3.63) is 48.5 Å². The molecule has 20 heavy (non-hydrogen) atoms. The highest BCUT2D eigenvalue weighted by Gasteiger charge is 2.07. The number of hydrogen-bond acceptors (Lipinski definition) is 4. The molecule has 0 bridgehead atoms. The van der Waals surface area contributed by atoms with Crippen molar-refractivity contribution in [3.63, 3.8) is 0 Å². The average molecular weight is 272 g/mol. The van der Waals surface area contributed by atoms with Crippen LogP contribution >= 0.6 is 0 Å². The van der Waals surface area contributed by atoms with E-state index in [4.69, 9.17) is 4.74 Å². The number of hydrazine groups is 1. The number of anilines is 1. The second-order valence-electron chi connectivity index (χ2n) is 4.02. The highest BCUT2D eigenvalue weighted by molar-refractivity contribution is 5.74. The molecule has 0 aliphatic heterocycles. The lowest BCUT2D eigenvalue weighted by Crippen LogP contribution is -2.29. The molecule has 0 fully saturated rings. The molecule has 2 rings (SSSR count). The van der Waals surface area contributed by atoms with Crippen molar-refractivity contribution < 1.29 is 14.3 Å². The molecule has 0 radical (unpaired) electrons. The van der Waals surface area contributed by atoms with Crippen molar-refractivity contribution >= 4 is 11.8 Å². The Labute approximate surface area is 117 Å². The van der Waals surface area contributed by atoms with Crippen LogP contribution in [0.4, 0.5) is 10.5 Å². The maximum Gasteiger partial charge on any atom is 0.425 e. The minimum atomic E-state index is -0.572. The molecule has 104 valence electrons. The summed E-state index contributed by atoms with van der Waals surface area (Å²) < 4.78 is 9.75. The molecule has 0 aromatic heterocycles. The maximum atomic E-state index is 11.1. The SMILES string of the molecule is COC(=O)NNc1cc(-c2ccccc2)ccc1OC. The van der Waals surface area contributed by atoms with E-state index in [9.17, 15) is 4.79 Å². The molecular weight excluding hydrogens is 256 g/mol. The largest absolute Gasteiger partial charge is 0.495 e. The van der Waals surface area contributed by atoms with Crippen LogP contribution in [0.2, 0.25) is 0 Å². The summed E-state index contributed by atoms with van der Waals surface area (Å²) in [6, 6.07) is 15.6. The molecule has 0 aliphatic rings. The van der Waals surface area contributed by atoms with E-state index >= 15 is 0 Å². The fourth-order valence-corrected chi connectivity index (χ4v) is 1.79. The standard InChI is InChI=1S/C15H16N2O3/c1-19-14-9-8-12(11-6-4-3-5-7-11)10-13(14)16-17-15(18)20-2/h3-10,16H,1-2H3,(H,17,18). The van der Waals surface area contributed by atoms with Crippen LogP contribution in [0.15, 0.2) is 48.5 Å².